The first-order chi connectivity index (χ1) is 10.8. The molecular weight excluding hydrogens is 274 g/mol. The van der Waals surface area contributed by atoms with Crippen molar-refractivity contribution in [1.82, 2.24) is 0 Å². The molecule has 124 valence electrons. The lowest BCUT2D eigenvalue weighted by Crippen LogP contribution is -1.97. The number of hydrogen-bond acceptors (Lipinski definition) is 3. The van der Waals surface area contributed by atoms with Gasteiger partial charge in [-0.3, -0.25) is 0 Å². The van der Waals surface area contributed by atoms with Gasteiger partial charge >= 0.3 is 0 Å². The maximum Gasteiger partial charge on any atom is 0.128 e. The summed E-state index contributed by atoms with van der Waals surface area (Å²) in [5.74, 6) is 0.787. The second-order valence-electron chi connectivity index (χ2n) is 5.90. The predicted octanol–water partition coefficient (Wildman–Crippen LogP) is 5.69. The molecule has 0 aliphatic heterocycles. The van der Waals surface area contributed by atoms with Gasteiger partial charge in [-0.25, -0.2) is 0 Å². The van der Waals surface area contributed by atoms with E-state index in [0.717, 1.165) is 12.6 Å². The van der Waals surface area contributed by atoms with Gasteiger partial charge in [0, 0.05) is 17.8 Å². The fourth-order valence-corrected chi connectivity index (χ4v) is 2.51. The molecule has 0 unspecified atom stereocenters. The van der Waals surface area contributed by atoms with Gasteiger partial charge in [-0.1, -0.05) is 64.7 Å². The van der Waals surface area contributed by atoms with Crippen molar-refractivity contribution < 1.29 is 9.84 Å². The van der Waals surface area contributed by atoms with E-state index in [2.05, 4.69) is 6.92 Å². The molecule has 0 bridgehead atoms. The zero-order valence-corrected chi connectivity index (χ0v) is 13.9. The number of ether oxygens (including phenoxy) is 1. The maximum absolute atomic E-state index is 9.64. The molecule has 1 aromatic carbocycles. The Hall–Kier alpha value is -1.51. The summed E-state index contributed by atoms with van der Waals surface area (Å²) < 4.78 is 5.62. The fourth-order valence-electron chi connectivity index (χ4n) is 2.51. The number of aromatic hydroxyl groups is 1. The maximum atomic E-state index is 9.64. The van der Waals surface area contributed by atoms with E-state index < -0.39 is 0 Å². The molecule has 22 heavy (non-hydrogen) atoms. The zero-order valence-electron chi connectivity index (χ0n) is 13.9. The molecule has 0 amide bonds. The highest BCUT2D eigenvalue weighted by molar-refractivity contribution is 5.81. The van der Waals surface area contributed by atoms with Gasteiger partial charge in [0.05, 0.1) is 6.61 Å². The Balaban J connectivity index is 1.97. The van der Waals surface area contributed by atoms with Crippen molar-refractivity contribution in [3.63, 3.8) is 0 Å². The summed E-state index contributed by atoms with van der Waals surface area (Å²) in [6, 6.07) is 5.09. The minimum atomic E-state index is 0.107. The number of unbranched alkanes of at least 4 members (excludes halogenated alkanes) is 9. The highest BCUT2D eigenvalue weighted by atomic mass is 16.5. The van der Waals surface area contributed by atoms with Crippen LogP contribution in [0.5, 0.6) is 11.5 Å². The van der Waals surface area contributed by atoms with Crippen LogP contribution >= 0.6 is 0 Å². The molecule has 0 aliphatic carbocycles. The minimum Gasteiger partial charge on any atom is -0.507 e. The van der Waals surface area contributed by atoms with Gasteiger partial charge in [-0.15, -0.1) is 0 Å². The van der Waals surface area contributed by atoms with E-state index in [1.807, 2.05) is 0 Å². The molecule has 0 saturated heterocycles. The van der Waals surface area contributed by atoms with Crippen molar-refractivity contribution in [2.75, 3.05) is 6.61 Å². The second-order valence-corrected chi connectivity index (χ2v) is 5.90. The van der Waals surface area contributed by atoms with Crippen LogP contribution in [0.15, 0.2) is 18.2 Å². The summed E-state index contributed by atoms with van der Waals surface area (Å²) in [5, 5.41) is 16.8. The molecule has 0 radical (unpaired) electrons. The van der Waals surface area contributed by atoms with Crippen LogP contribution in [0.4, 0.5) is 0 Å². The highest BCUT2D eigenvalue weighted by Gasteiger charge is 2.01. The van der Waals surface area contributed by atoms with Crippen LogP contribution in [0.1, 0.15) is 76.7 Å². The Morgan fingerprint density at radius 1 is 0.955 bits per heavy atom. The average Bonchev–Trinajstić information content (AvgIpc) is 2.53. The fraction of sp³-hybridized carbons (Fsp3) is 0.632. The number of phenolic OH excluding ortho intramolecular Hbond substituents is 1. The minimum absolute atomic E-state index is 0.107. The number of benzene rings is 1. The van der Waals surface area contributed by atoms with Gasteiger partial charge in [0.15, 0.2) is 0 Å². The molecule has 0 atom stereocenters. The summed E-state index contributed by atoms with van der Waals surface area (Å²) in [5.41, 5.74) is 0.520. The quantitative estimate of drug-likeness (QED) is 0.363. The van der Waals surface area contributed by atoms with Gasteiger partial charge in [0.1, 0.15) is 11.5 Å². The van der Waals surface area contributed by atoms with Gasteiger partial charge < -0.3 is 15.3 Å². The number of hydrogen-bond donors (Lipinski definition) is 2. The van der Waals surface area contributed by atoms with Crippen molar-refractivity contribution in [2.24, 2.45) is 0 Å². The summed E-state index contributed by atoms with van der Waals surface area (Å²) in [7, 11) is 0. The molecule has 0 fully saturated rings. The average molecular weight is 305 g/mol. The lowest BCUT2D eigenvalue weighted by atomic mass is 10.1. The van der Waals surface area contributed by atoms with E-state index in [1.54, 1.807) is 18.2 Å². The van der Waals surface area contributed by atoms with E-state index >= 15 is 0 Å². The first kappa shape index (κ1) is 18.5. The molecule has 3 heteroatoms. The second kappa shape index (κ2) is 12.1. The standard InChI is InChI=1S/C19H31NO2/c1-2-3-4-5-6-7-8-9-10-11-14-22-18-13-12-17(16-20)19(21)15-18/h12-13,15-16,20-21H,2-11,14H2,1H3. The van der Waals surface area contributed by atoms with Gasteiger partial charge in [0.25, 0.3) is 0 Å². The Kier molecular flexibility index (Phi) is 10.2. The Morgan fingerprint density at radius 2 is 1.55 bits per heavy atom. The van der Waals surface area contributed by atoms with Gasteiger partial charge in [0.2, 0.25) is 0 Å². The summed E-state index contributed by atoms with van der Waals surface area (Å²) in [6.07, 6.45) is 14.3. The van der Waals surface area contributed by atoms with Crippen molar-refractivity contribution in [3.05, 3.63) is 23.8 Å². The van der Waals surface area contributed by atoms with Crippen molar-refractivity contribution in [2.45, 2.75) is 71.1 Å². The topological polar surface area (TPSA) is 53.3 Å². The van der Waals surface area contributed by atoms with Crippen molar-refractivity contribution in [3.8, 4) is 11.5 Å². The molecule has 1 rings (SSSR count). The normalized spacial score (nSPS) is 10.6. The Labute approximate surface area is 135 Å². The third-order valence-electron chi connectivity index (χ3n) is 3.92. The lowest BCUT2D eigenvalue weighted by Gasteiger charge is -2.07. The van der Waals surface area contributed by atoms with Gasteiger partial charge in [-0.05, 0) is 18.6 Å². The number of nitrogens with one attached hydrogen (secondary N) is 1. The Bertz CT molecular complexity index is 418. The van der Waals surface area contributed by atoms with Crippen LogP contribution in [0, 0.1) is 5.41 Å². The molecule has 0 saturated carbocycles. The highest BCUT2D eigenvalue weighted by Crippen LogP contribution is 2.22. The van der Waals surface area contributed by atoms with E-state index in [4.69, 9.17) is 10.1 Å². The largest absolute Gasteiger partial charge is 0.507 e. The molecule has 1 aromatic rings. The first-order valence-electron chi connectivity index (χ1n) is 8.74. The van der Waals surface area contributed by atoms with Crippen molar-refractivity contribution in [1.29, 1.82) is 5.41 Å². The van der Waals surface area contributed by atoms with Crippen LogP contribution < -0.4 is 4.74 Å². The molecule has 0 aliphatic rings. The molecule has 0 heterocycles. The smallest absolute Gasteiger partial charge is 0.128 e. The molecular formula is C19H31NO2. The van der Waals surface area contributed by atoms with E-state index in [9.17, 15) is 5.11 Å². The van der Waals surface area contributed by atoms with Gasteiger partial charge in [-0.2, -0.15) is 0 Å². The third-order valence-corrected chi connectivity index (χ3v) is 3.92. The lowest BCUT2D eigenvalue weighted by molar-refractivity contribution is 0.302. The monoisotopic (exact) mass is 305 g/mol. The first-order valence-corrected chi connectivity index (χ1v) is 8.74. The Morgan fingerprint density at radius 3 is 2.09 bits per heavy atom. The SMILES string of the molecule is CCCCCCCCCCCCOc1ccc(C=N)c(O)c1. The molecule has 0 spiro atoms. The van der Waals surface area contributed by atoms with E-state index in [1.165, 1.54) is 57.8 Å². The third kappa shape index (κ3) is 8.06. The van der Waals surface area contributed by atoms with Crippen LogP contribution in [-0.2, 0) is 0 Å². The zero-order chi connectivity index (χ0) is 16.0. The van der Waals surface area contributed by atoms with Crippen LogP contribution in [0.2, 0.25) is 0 Å². The van der Waals surface area contributed by atoms with E-state index in [-0.39, 0.29) is 5.75 Å². The summed E-state index contributed by atoms with van der Waals surface area (Å²) in [4.78, 5) is 0. The van der Waals surface area contributed by atoms with Crippen molar-refractivity contribution >= 4 is 6.21 Å². The van der Waals surface area contributed by atoms with Crippen LogP contribution in [0.3, 0.4) is 0 Å². The molecule has 2 N–H and O–H groups in total. The summed E-state index contributed by atoms with van der Waals surface area (Å²) >= 11 is 0. The van der Waals surface area contributed by atoms with E-state index in [0.29, 0.717) is 17.9 Å². The predicted molar refractivity (Wildman–Crippen MR) is 93.3 cm³/mol. The summed E-state index contributed by atoms with van der Waals surface area (Å²) in [6.45, 7) is 2.95. The van der Waals surface area contributed by atoms with Crippen LogP contribution in [-0.4, -0.2) is 17.9 Å². The number of phenols is 1. The van der Waals surface area contributed by atoms with Crippen LogP contribution in [0.25, 0.3) is 0 Å². The number of rotatable bonds is 13. The molecule has 0 aromatic heterocycles. The molecule has 3 nitrogen and oxygen atoms in total.